The zero-order valence-corrected chi connectivity index (χ0v) is 11.6. The molecule has 0 aromatic rings. The van der Waals surface area contributed by atoms with Gasteiger partial charge in [-0.15, -0.1) is 0 Å². The van der Waals surface area contributed by atoms with Crippen molar-refractivity contribution in [1.82, 2.24) is 5.32 Å². The van der Waals surface area contributed by atoms with Gasteiger partial charge in [-0.1, -0.05) is 0 Å². The second-order valence-corrected chi connectivity index (χ2v) is 7.99. The van der Waals surface area contributed by atoms with Crippen molar-refractivity contribution < 1.29 is 21.6 Å². The molecule has 0 amide bonds. The van der Waals surface area contributed by atoms with Gasteiger partial charge in [0.05, 0.1) is 17.4 Å². The lowest BCUT2D eigenvalue weighted by Gasteiger charge is -2.34. The van der Waals surface area contributed by atoms with Crippen LogP contribution in [0.1, 0.15) is 38.5 Å². The number of hydrogen-bond acceptors (Lipinski definition) is 3. The zero-order chi connectivity index (χ0) is 14.1. The number of hydrogen-bond donors (Lipinski definition) is 1. The first kappa shape index (κ1) is 15.1. The van der Waals surface area contributed by atoms with Crippen LogP contribution in [0.25, 0.3) is 0 Å². The molecule has 0 unspecified atom stereocenters. The van der Waals surface area contributed by atoms with Crippen molar-refractivity contribution in [3.05, 3.63) is 0 Å². The van der Waals surface area contributed by atoms with Gasteiger partial charge in [0.15, 0.2) is 0 Å². The third-order valence-corrected chi connectivity index (χ3v) is 5.93. The van der Waals surface area contributed by atoms with E-state index in [-0.39, 0.29) is 36.4 Å². The van der Waals surface area contributed by atoms with E-state index in [1.807, 2.05) is 0 Å². The van der Waals surface area contributed by atoms with Gasteiger partial charge in [-0.25, -0.2) is 8.42 Å². The molecule has 1 aliphatic heterocycles. The van der Waals surface area contributed by atoms with Crippen LogP contribution in [0.5, 0.6) is 0 Å². The molecule has 3 nitrogen and oxygen atoms in total. The summed E-state index contributed by atoms with van der Waals surface area (Å²) < 4.78 is 60.2. The van der Waals surface area contributed by atoms with E-state index in [1.54, 1.807) is 0 Å². The van der Waals surface area contributed by atoms with Crippen molar-refractivity contribution in [2.45, 2.75) is 56.8 Å². The molecule has 0 atom stereocenters. The van der Waals surface area contributed by atoms with E-state index in [4.69, 9.17) is 0 Å². The summed E-state index contributed by atoms with van der Waals surface area (Å²) in [6, 6.07) is 0.264. The molecule has 7 heteroatoms. The predicted octanol–water partition coefficient (Wildman–Crippen LogP) is 2.27. The smallest absolute Gasteiger partial charge is 0.311 e. The minimum absolute atomic E-state index is 0.115. The van der Waals surface area contributed by atoms with E-state index in [9.17, 15) is 21.6 Å². The largest absolute Gasteiger partial charge is 0.391 e. The van der Waals surface area contributed by atoms with Crippen LogP contribution in [0, 0.1) is 5.92 Å². The number of rotatable bonds is 2. The number of halogens is 3. The average molecular weight is 299 g/mol. The van der Waals surface area contributed by atoms with Gasteiger partial charge in [-0.3, -0.25) is 0 Å². The van der Waals surface area contributed by atoms with Gasteiger partial charge in [0.2, 0.25) is 0 Å². The molecule has 2 rings (SSSR count). The molecule has 1 aliphatic carbocycles. The van der Waals surface area contributed by atoms with Crippen molar-refractivity contribution in [1.29, 1.82) is 0 Å². The lowest BCUT2D eigenvalue weighted by Crippen LogP contribution is -2.45. The monoisotopic (exact) mass is 299 g/mol. The molecule has 0 aromatic carbocycles. The number of alkyl halides is 3. The first-order valence-corrected chi connectivity index (χ1v) is 8.61. The summed E-state index contributed by atoms with van der Waals surface area (Å²) in [6.07, 6.45) is -1.45. The molecule has 19 heavy (non-hydrogen) atoms. The van der Waals surface area contributed by atoms with E-state index >= 15 is 0 Å². The molecular weight excluding hydrogens is 279 g/mol. The lowest BCUT2D eigenvalue weighted by molar-refractivity contribution is -0.182. The van der Waals surface area contributed by atoms with Gasteiger partial charge in [0, 0.05) is 12.1 Å². The van der Waals surface area contributed by atoms with Crippen molar-refractivity contribution in [2.75, 3.05) is 11.5 Å². The van der Waals surface area contributed by atoms with Gasteiger partial charge in [-0.05, 0) is 38.5 Å². The Labute approximate surface area is 111 Å². The molecular formula is C12H20F3NO2S. The molecule has 0 aromatic heterocycles. The highest BCUT2D eigenvalue weighted by atomic mass is 32.2. The van der Waals surface area contributed by atoms with Gasteiger partial charge >= 0.3 is 6.18 Å². The first-order valence-electron chi connectivity index (χ1n) is 6.79. The maximum Gasteiger partial charge on any atom is 0.391 e. The zero-order valence-electron chi connectivity index (χ0n) is 10.7. The Balaban J connectivity index is 1.75. The van der Waals surface area contributed by atoms with Crippen LogP contribution in [-0.2, 0) is 9.84 Å². The highest BCUT2D eigenvalue weighted by molar-refractivity contribution is 7.91. The Morgan fingerprint density at radius 3 is 1.79 bits per heavy atom. The summed E-state index contributed by atoms with van der Waals surface area (Å²) in [6.45, 7) is 0. The van der Waals surface area contributed by atoms with Crippen molar-refractivity contribution in [2.24, 2.45) is 5.92 Å². The van der Waals surface area contributed by atoms with Crippen LogP contribution >= 0.6 is 0 Å². The van der Waals surface area contributed by atoms with Gasteiger partial charge in [0.1, 0.15) is 9.84 Å². The minimum Gasteiger partial charge on any atom is -0.311 e. The van der Waals surface area contributed by atoms with Crippen molar-refractivity contribution in [3.8, 4) is 0 Å². The number of nitrogens with one attached hydrogen (secondary N) is 1. The summed E-state index contributed by atoms with van der Waals surface area (Å²) >= 11 is 0. The maximum absolute atomic E-state index is 12.5. The minimum atomic E-state index is -4.07. The second kappa shape index (κ2) is 5.60. The van der Waals surface area contributed by atoms with Crippen LogP contribution in [0.15, 0.2) is 0 Å². The maximum atomic E-state index is 12.5. The Bertz CT molecular complexity index is 386. The summed E-state index contributed by atoms with van der Waals surface area (Å²) in [7, 11) is -2.87. The quantitative estimate of drug-likeness (QED) is 0.851. The first-order chi connectivity index (χ1) is 8.76. The Hall–Kier alpha value is -0.300. The molecule has 0 bridgehead atoms. The van der Waals surface area contributed by atoms with Crippen molar-refractivity contribution in [3.63, 3.8) is 0 Å². The van der Waals surface area contributed by atoms with Crippen LogP contribution in [0.4, 0.5) is 13.2 Å². The van der Waals surface area contributed by atoms with Gasteiger partial charge < -0.3 is 5.32 Å². The molecule has 1 saturated carbocycles. The highest BCUT2D eigenvalue weighted by Gasteiger charge is 2.41. The SMILES string of the molecule is O=S1(=O)CCC(NC2CCC(C(F)(F)F)CC2)CC1. The molecule has 2 aliphatic rings. The third kappa shape index (κ3) is 4.34. The Morgan fingerprint density at radius 1 is 0.842 bits per heavy atom. The van der Waals surface area contributed by atoms with Crippen LogP contribution < -0.4 is 5.32 Å². The van der Waals surface area contributed by atoms with Gasteiger partial charge in [0.25, 0.3) is 0 Å². The second-order valence-electron chi connectivity index (χ2n) is 5.68. The van der Waals surface area contributed by atoms with E-state index in [0.29, 0.717) is 25.7 Å². The van der Waals surface area contributed by atoms with E-state index in [1.165, 1.54) is 0 Å². The molecule has 1 N–H and O–H groups in total. The summed E-state index contributed by atoms with van der Waals surface area (Å²) in [5, 5.41) is 3.34. The topological polar surface area (TPSA) is 46.2 Å². The Morgan fingerprint density at radius 2 is 1.32 bits per heavy atom. The molecule has 0 spiro atoms. The third-order valence-electron chi connectivity index (χ3n) is 4.22. The van der Waals surface area contributed by atoms with Crippen LogP contribution in [-0.4, -0.2) is 38.2 Å². The Kier molecular flexibility index (Phi) is 4.45. The fourth-order valence-corrected chi connectivity index (χ4v) is 4.47. The molecule has 0 radical (unpaired) electrons. The molecule has 2 fully saturated rings. The van der Waals surface area contributed by atoms with Crippen LogP contribution in [0.2, 0.25) is 0 Å². The summed E-state index contributed by atoms with van der Waals surface area (Å²) in [4.78, 5) is 0. The predicted molar refractivity (Wildman–Crippen MR) is 66.6 cm³/mol. The van der Waals surface area contributed by atoms with E-state index < -0.39 is 21.9 Å². The normalized spacial score (nSPS) is 33.2. The van der Waals surface area contributed by atoms with Gasteiger partial charge in [-0.2, -0.15) is 13.2 Å². The molecule has 1 heterocycles. The van der Waals surface area contributed by atoms with Crippen LogP contribution in [0.3, 0.4) is 0 Å². The average Bonchev–Trinajstić information content (AvgIpc) is 2.31. The molecule has 112 valence electrons. The van der Waals surface area contributed by atoms with E-state index in [0.717, 1.165) is 0 Å². The molecule has 1 saturated heterocycles. The number of sulfone groups is 1. The van der Waals surface area contributed by atoms with Crippen molar-refractivity contribution >= 4 is 9.84 Å². The summed E-state index contributed by atoms with van der Waals surface area (Å²) in [5.74, 6) is -0.761. The fourth-order valence-electron chi connectivity index (χ4n) is 2.98. The standard InChI is InChI=1S/C12H20F3NO2S/c13-12(14,15)9-1-3-10(4-2-9)16-11-5-7-19(17,18)8-6-11/h9-11,16H,1-8H2. The fraction of sp³-hybridized carbons (Fsp3) is 1.00. The lowest BCUT2D eigenvalue weighted by atomic mass is 9.85. The highest BCUT2D eigenvalue weighted by Crippen LogP contribution is 2.37. The van der Waals surface area contributed by atoms with E-state index in [2.05, 4.69) is 5.32 Å². The summed E-state index contributed by atoms with van der Waals surface area (Å²) in [5.41, 5.74) is 0.